The van der Waals surface area contributed by atoms with Crippen LogP contribution < -0.4 is 5.32 Å². The number of nitrogens with one attached hydrogen (secondary N) is 1. The molecule has 0 saturated heterocycles. The summed E-state index contributed by atoms with van der Waals surface area (Å²) in [6.45, 7) is 6.95. The standard InChI is InChI=1S/C14H16ClFN2/c1-4-17-13-7-12(8(2)3)18-14-6-11(16)10(15)5-9(13)14/h5-8H,4H2,1-3H3,(H,17,18). The molecule has 1 aromatic carbocycles. The van der Waals surface area contributed by atoms with Crippen molar-refractivity contribution in [1.29, 1.82) is 0 Å². The van der Waals surface area contributed by atoms with Gasteiger partial charge in [0.05, 0.1) is 10.5 Å². The van der Waals surface area contributed by atoms with Crippen molar-refractivity contribution >= 4 is 28.2 Å². The topological polar surface area (TPSA) is 24.9 Å². The maximum absolute atomic E-state index is 13.5. The molecule has 2 aromatic rings. The fourth-order valence-corrected chi connectivity index (χ4v) is 2.04. The smallest absolute Gasteiger partial charge is 0.143 e. The van der Waals surface area contributed by atoms with Crippen molar-refractivity contribution in [3.63, 3.8) is 0 Å². The Kier molecular flexibility index (Phi) is 3.71. The molecule has 2 rings (SSSR count). The van der Waals surface area contributed by atoms with E-state index in [4.69, 9.17) is 11.6 Å². The summed E-state index contributed by atoms with van der Waals surface area (Å²) in [5.74, 6) is -0.134. The van der Waals surface area contributed by atoms with E-state index in [1.807, 2.05) is 13.0 Å². The number of aromatic nitrogens is 1. The molecule has 0 atom stereocenters. The lowest BCUT2D eigenvalue weighted by Crippen LogP contribution is -2.02. The van der Waals surface area contributed by atoms with Crippen LogP contribution in [-0.2, 0) is 0 Å². The summed E-state index contributed by atoms with van der Waals surface area (Å²) < 4.78 is 13.5. The van der Waals surface area contributed by atoms with Crippen LogP contribution >= 0.6 is 11.6 Å². The Morgan fingerprint density at radius 2 is 2.06 bits per heavy atom. The highest BCUT2D eigenvalue weighted by molar-refractivity contribution is 6.31. The minimum absolute atomic E-state index is 0.126. The van der Waals surface area contributed by atoms with Gasteiger partial charge in [-0.05, 0) is 25.0 Å². The third-order valence-corrected chi connectivity index (χ3v) is 3.12. The predicted octanol–water partition coefficient (Wildman–Crippen LogP) is 4.58. The Morgan fingerprint density at radius 1 is 1.33 bits per heavy atom. The molecule has 18 heavy (non-hydrogen) atoms. The third kappa shape index (κ3) is 2.41. The van der Waals surface area contributed by atoms with E-state index in [1.165, 1.54) is 6.07 Å². The zero-order valence-electron chi connectivity index (χ0n) is 10.7. The van der Waals surface area contributed by atoms with E-state index in [2.05, 4.69) is 24.1 Å². The van der Waals surface area contributed by atoms with E-state index >= 15 is 0 Å². The highest BCUT2D eigenvalue weighted by atomic mass is 35.5. The fraction of sp³-hybridized carbons (Fsp3) is 0.357. The van der Waals surface area contributed by atoms with Gasteiger partial charge in [0.15, 0.2) is 0 Å². The molecule has 1 N–H and O–H groups in total. The summed E-state index contributed by atoms with van der Waals surface area (Å²) in [4.78, 5) is 4.48. The number of nitrogens with zero attached hydrogens (tertiary/aromatic N) is 1. The second-order valence-corrected chi connectivity index (χ2v) is 4.97. The zero-order valence-corrected chi connectivity index (χ0v) is 11.5. The molecule has 4 heteroatoms. The minimum atomic E-state index is -0.431. The fourth-order valence-electron chi connectivity index (χ4n) is 1.87. The zero-order chi connectivity index (χ0) is 13.3. The Morgan fingerprint density at radius 3 is 2.67 bits per heavy atom. The summed E-state index contributed by atoms with van der Waals surface area (Å²) in [7, 11) is 0. The van der Waals surface area contributed by atoms with Crippen molar-refractivity contribution in [2.24, 2.45) is 0 Å². The van der Waals surface area contributed by atoms with Crippen molar-refractivity contribution < 1.29 is 4.39 Å². The first-order valence-corrected chi connectivity index (χ1v) is 6.44. The molecule has 0 saturated carbocycles. The van der Waals surface area contributed by atoms with E-state index in [9.17, 15) is 4.39 Å². The second kappa shape index (κ2) is 5.11. The van der Waals surface area contributed by atoms with Crippen molar-refractivity contribution in [2.45, 2.75) is 26.7 Å². The number of halogens is 2. The Labute approximate surface area is 111 Å². The molecule has 0 amide bonds. The highest BCUT2D eigenvalue weighted by Crippen LogP contribution is 2.30. The second-order valence-electron chi connectivity index (χ2n) is 4.56. The van der Waals surface area contributed by atoms with Crippen molar-refractivity contribution in [3.05, 3.63) is 34.7 Å². The van der Waals surface area contributed by atoms with Gasteiger partial charge in [0.25, 0.3) is 0 Å². The van der Waals surface area contributed by atoms with Crippen LogP contribution in [0, 0.1) is 5.82 Å². The number of anilines is 1. The molecule has 0 spiro atoms. The number of fused-ring (bicyclic) bond motifs is 1. The molecular formula is C14H16ClFN2. The molecule has 0 radical (unpaired) electrons. The molecule has 0 aliphatic rings. The molecule has 0 unspecified atom stereocenters. The number of benzene rings is 1. The van der Waals surface area contributed by atoms with Crippen LogP contribution in [0.2, 0.25) is 5.02 Å². The van der Waals surface area contributed by atoms with Gasteiger partial charge in [-0.1, -0.05) is 25.4 Å². The minimum Gasteiger partial charge on any atom is -0.385 e. The predicted molar refractivity (Wildman–Crippen MR) is 75.0 cm³/mol. The van der Waals surface area contributed by atoms with Gasteiger partial charge in [-0.2, -0.15) is 0 Å². The van der Waals surface area contributed by atoms with Crippen LogP contribution in [0.5, 0.6) is 0 Å². The van der Waals surface area contributed by atoms with Gasteiger partial charge < -0.3 is 5.32 Å². The Hall–Kier alpha value is -1.35. The summed E-state index contributed by atoms with van der Waals surface area (Å²) in [5, 5.41) is 4.25. The maximum Gasteiger partial charge on any atom is 0.143 e. The van der Waals surface area contributed by atoms with Crippen LogP contribution in [0.1, 0.15) is 32.4 Å². The molecular weight excluding hydrogens is 251 g/mol. The monoisotopic (exact) mass is 266 g/mol. The van der Waals surface area contributed by atoms with Crippen molar-refractivity contribution in [2.75, 3.05) is 11.9 Å². The van der Waals surface area contributed by atoms with Gasteiger partial charge in [-0.3, -0.25) is 4.98 Å². The van der Waals surface area contributed by atoms with Gasteiger partial charge in [0, 0.05) is 29.4 Å². The Bertz CT molecular complexity index is 582. The number of pyridine rings is 1. The number of hydrogen-bond acceptors (Lipinski definition) is 2. The SMILES string of the molecule is CCNc1cc(C(C)C)nc2cc(F)c(Cl)cc12. The lowest BCUT2D eigenvalue weighted by molar-refractivity contribution is 0.629. The maximum atomic E-state index is 13.5. The molecule has 2 nitrogen and oxygen atoms in total. The average Bonchev–Trinajstić information content (AvgIpc) is 2.31. The van der Waals surface area contributed by atoms with Gasteiger partial charge in [0.2, 0.25) is 0 Å². The van der Waals surface area contributed by atoms with E-state index in [1.54, 1.807) is 6.07 Å². The molecule has 1 heterocycles. The molecule has 96 valence electrons. The van der Waals surface area contributed by atoms with E-state index in [-0.39, 0.29) is 5.02 Å². The van der Waals surface area contributed by atoms with Crippen LogP contribution in [0.25, 0.3) is 10.9 Å². The van der Waals surface area contributed by atoms with Crippen LogP contribution in [-0.4, -0.2) is 11.5 Å². The van der Waals surface area contributed by atoms with Crippen molar-refractivity contribution in [3.8, 4) is 0 Å². The first-order chi connectivity index (χ1) is 8.52. The molecule has 0 bridgehead atoms. The first-order valence-electron chi connectivity index (χ1n) is 6.06. The number of rotatable bonds is 3. The third-order valence-electron chi connectivity index (χ3n) is 2.83. The quantitative estimate of drug-likeness (QED) is 0.879. The van der Waals surface area contributed by atoms with Gasteiger partial charge in [-0.25, -0.2) is 4.39 Å². The van der Waals surface area contributed by atoms with E-state index < -0.39 is 5.82 Å². The summed E-state index contributed by atoms with van der Waals surface area (Å²) in [5.41, 5.74) is 2.53. The Balaban J connectivity index is 2.72. The van der Waals surface area contributed by atoms with Gasteiger partial charge >= 0.3 is 0 Å². The van der Waals surface area contributed by atoms with Gasteiger partial charge in [0.1, 0.15) is 5.82 Å². The molecule has 0 fully saturated rings. The van der Waals surface area contributed by atoms with Crippen LogP contribution in [0.4, 0.5) is 10.1 Å². The summed E-state index contributed by atoms with van der Waals surface area (Å²) in [6.07, 6.45) is 0. The molecule has 0 aliphatic heterocycles. The average molecular weight is 267 g/mol. The van der Waals surface area contributed by atoms with E-state index in [0.717, 1.165) is 23.3 Å². The first kappa shape index (κ1) is 13.1. The molecule has 1 aromatic heterocycles. The van der Waals surface area contributed by atoms with Crippen molar-refractivity contribution in [1.82, 2.24) is 4.98 Å². The normalized spacial score (nSPS) is 11.2. The largest absolute Gasteiger partial charge is 0.385 e. The van der Waals surface area contributed by atoms with Crippen LogP contribution in [0.15, 0.2) is 18.2 Å². The lowest BCUT2D eigenvalue weighted by atomic mass is 10.1. The lowest BCUT2D eigenvalue weighted by Gasteiger charge is -2.13. The number of hydrogen-bond donors (Lipinski definition) is 1. The van der Waals surface area contributed by atoms with Crippen LogP contribution in [0.3, 0.4) is 0 Å². The summed E-state index contributed by atoms with van der Waals surface area (Å²) >= 11 is 5.83. The highest BCUT2D eigenvalue weighted by Gasteiger charge is 2.11. The summed E-state index contributed by atoms with van der Waals surface area (Å²) in [6, 6.07) is 5.02. The van der Waals surface area contributed by atoms with Gasteiger partial charge in [-0.15, -0.1) is 0 Å². The molecule has 0 aliphatic carbocycles. The van der Waals surface area contributed by atoms with E-state index in [0.29, 0.717) is 11.4 Å².